The molecule has 1 aromatic heterocycles. The molecule has 0 bridgehead atoms. The Hall–Kier alpha value is -2.64. The highest BCUT2D eigenvalue weighted by molar-refractivity contribution is 5.55. The van der Waals surface area contributed by atoms with Crippen molar-refractivity contribution in [1.29, 1.82) is 0 Å². The van der Waals surface area contributed by atoms with E-state index in [2.05, 4.69) is 14.8 Å². The highest BCUT2D eigenvalue weighted by atomic mass is 19.4. The van der Waals surface area contributed by atoms with Gasteiger partial charge in [0.1, 0.15) is 0 Å². The summed E-state index contributed by atoms with van der Waals surface area (Å²) in [5.74, 6) is 1.43. The molecule has 0 spiro atoms. The zero-order chi connectivity index (χ0) is 20.3. The molecule has 1 aliphatic heterocycles. The maximum atomic E-state index is 12.9. The Bertz CT molecular complexity index is 932. The largest absolute Gasteiger partial charge is 0.439 e. The molecule has 0 atom stereocenters. The van der Waals surface area contributed by atoms with Crippen molar-refractivity contribution in [2.24, 2.45) is 0 Å². The fourth-order valence-corrected chi connectivity index (χ4v) is 3.52. The van der Waals surface area contributed by atoms with Crippen molar-refractivity contribution in [2.75, 3.05) is 26.2 Å². The number of piperazine rings is 1. The van der Waals surface area contributed by atoms with E-state index in [0.717, 1.165) is 43.6 Å². The molecule has 29 heavy (non-hydrogen) atoms. The number of oxazole rings is 1. The van der Waals surface area contributed by atoms with Crippen LogP contribution in [0, 0.1) is 0 Å². The van der Waals surface area contributed by atoms with E-state index in [1.165, 1.54) is 12.1 Å². The number of hydrogen-bond donors (Lipinski definition) is 0. The van der Waals surface area contributed by atoms with Crippen LogP contribution < -0.4 is 0 Å². The Kier molecular flexibility index (Phi) is 5.69. The summed E-state index contributed by atoms with van der Waals surface area (Å²) in [6.07, 6.45) is -2.56. The van der Waals surface area contributed by atoms with Crippen LogP contribution in [0.5, 0.6) is 0 Å². The van der Waals surface area contributed by atoms with E-state index >= 15 is 0 Å². The molecule has 7 heteroatoms. The van der Waals surface area contributed by atoms with Gasteiger partial charge in [-0.25, -0.2) is 4.98 Å². The van der Waals surface area contributed by atoms with E-state index in [9.17, 15) is 13.2 Å². The second kappa shape index (κ2) is 8.39. The minimum absolute atomic E-state index is 0.523. The molecule has 1 fully saturated rings. The van der Waals surface area contributed by atoms with Gasteiger partial charge in [-0.15, -0.1) is 0 Å². The third-order valence-electron chi connectivity index (χ3n) is 5.10. The van der Waals surface area contributed by atoms with Crippen molar-refractivity contribution >= 4 is 0 Å². The highest BCUT2D eigenvalue weighted by Crippen LogP contribution is 2.30. The molecular formula is C22H22F3N3O. The summed E-state index contributed by atoms with van der Waals surface area (Å²) in [5.41, 5.74) is 1.09. The van der Waals surface area contributed by atoms with Crippen LogP contribution in [-0.2, 0) is 19.3 Å². The smallest absolute Gasteiger partial charge is 0.416 e. The second-order valence-electron chi connectivity index (χ2n) is 7.23. The number of alkyl halides is 3. The maximum absolute atomic E-state index is 12.9. The van der Waals surface area contributed by atoms with Crippen LogP contribution in [0.25, 0.3) is 11.3 Å². The van der Waals surface area contributed by atoms with Crippen LogP contribution in [0.1, 0.15) is 17.0 Å². The van der Waals surface area contributed by atoms with Crippen LogP contribution in [-0.4, -0.2) is 41.0 Å². The van der Waals surface area contributed by atoms with Gasteiger partial charge in [0.15, 0.2) is 5.76 Å². The lowest BCUT2D eigenvalue weighted by molar-refractivity contribution is -0.137. The van der Waals surface area contributed by atoms with Crippen molar-refractivity contribution < 1.29 is 17.6 Å². The number of halogens is 3. The van der Waals surface area contributed by atoms with Crippen molar-refractivity contribution in [1.82, 2.24) is 14.8 Å². The number of benzene rings is 2. The Morgan fingerprint density at radius 2 is 1.55 bits per heavy atom. The summed E-state index contributed by atoms with van der Waals surface area (Å²) in [7, 11) is 0. The minimum atomic E-state index is -4.30. The molecule has 0 N–H and O–H groups in total. The van der Waals surface area contributed by atoms with Gasteiger partial charge in [0.25, 0.3) is 0 Å². The molecule has 2 heterocycles. The van der Waals surface area contributed by atoms with Crippen molar-refractivity contribution in [3.05, 3.63) is 77.8 Å². The molecule has 4 rings (SSSR count). The number of nitrogens with zero attached hydrogens (tertiary/aromatic N) is 3. The summed E-state index contributed by atoms with van der Waals surface area (Å²) in [6, 6.07) is 15.4. The lowest BCUT2D eigenvalue weighted by Crippen LogP contribution is -2.45. The summed E-state index contributed by atoms with van der Waals surface area (Å²) < 4.78 is 44.5. The van der Waals surface area contributed by atoms with E-state index in [-0.39, 0.29) is 0 Å². The third kappa shape index (κ3) is 5.05. The fraction of sp³-hybridized carbons (Fsp3) is 0.318. The van der Waals surface area contributed by atoms with E-state index in [0.29, 0.717) is 24.5 Å². The zero-order valence-corrected chi connectivity index (χ0v) is 15.9. The average Bonchev–Trinajstić information content (AvgIpc) is 3.18. The molecule has 1 saturated heterocycles. The van der Waals surface area contributed by atoms with Crippen molar-refractivity contribution in [3.63, 3.8) is 0 Å². The lowest BCUT2D eigenvalue weighted by atomic mass is 10.1. The molecule has 3 aromatic rings. The first-order valence-electron chi connectivity index (χ1n) is 9.58. The van der Waals surface area contributed by atoms with Crippen molar-refractivity contribution in [3.8, 4) is 11.3 Å². The van der Waals surface area contributed by atoms with Gasteiger partial charge in [-0.05, 0) is 11.6 Å². The quantitative estimate of drug-likeness (QED) is 0.622. The maximum Gasteiger partial charge on any atom is 0.416 e. The van der Waals surface area contributed by atoms with Gasteiger partial charge in [0, 0.05) is 38.3 Å². The normalized spacial score (nSPS) is 16.2. The lowest BCUT2D eigenvalue weighted by Gasteiger charge is -2.34. The number of rotatable bonds is 5. The van der Waals surface area contributed by atoms with Crippen LogP contribution >= 0.6 is 0 Å². The van der Waals surface area contributed by atoms with E-state index < -0.39 is 11.7 Å². The van der Waals surface area contributed by atoms with Gasteiger partial charge in [0.2, 0.25) is 5.89 Å². The van der Waals surface area contributed by atoms with Gasteiger partial charge < -0.3 is 4.42 Å². The topological polar surface area (TPSA) is 32.5 Å². The average molecular weight is 401 g/mol. The van der Waals surface area contributed by atoms with Crippen LogP contribution in [0.15, 0.2) is 65.2 Å². The first-order chi connectivity index (χ1) is 14.0. The van der Waals surface area contributed by atoms with E-state index in [1.807, 2.05) is 30.3 Å². The Labute approximate surface area is 167 Å². The molecule has 152 valence electrons. The second-order valence-corrected chi connectivity index (χ2v) is 7.23. The molecule has 2 aromatic carbocycles. The first kappa shape index (κ1) is 19.7. The number of hydrogen-bond acceptors (Lipinski definition) is 4. The summed E-state index contributed by atoms with van der Waals surface area (Å²) in [6.45, 7) is 4.38. The highest BCUT2D eigenvalue weighted by Gasteiger charge is 2.30. The third-order valence-corrected chi connectivity index (χ3v) is 5.10. The summed E-state index contributed by atoms with van der Waals surface area (Å²) >= 11 is 0. The zero-order valence-electron chi connectivity index (χ0n) is 15.9. The summed E-state index contributed by atoms with van der Waals surface area (Å²) in [4.78, 5) is 8.81. The standard InChI is InChI=1S/C22H22F3N3O/c23-22(24,25)19-8-4-5-17(13-19)15-27-9-11-28(12-10-27)16-21-26-14-20(29-21)18-6-2-1-3-7-18/h1-8,13-14H,9-12,15-16H2. The Morgan fingerprint density at radius 3 is 2.24 bits per heavy atom. The Morgan fingerprint density at radius 1 is 0.862 bits per heavy atom. The van der Waals surface area contributed by atoms with Gasteiger partial charge in [-0.3, -0.25) is 9.80 Å². The first-order valence-corrected chi connectivity index (χ1v) is 9.58. The van der Waals surface area contributed by atoms with Gasteiger partial charge in [0.05, 0.1) is 18.3 Å². The van der Waals surface area contributed by atoms with Crippen LogP contribution in [0.4, 0.5) is 13.2 Å². The van der Waals surface area contributed by atoms with Gasteiger partial charge in [-0.2, -0.15) is 13.2 Å². The number of aromatic nitrogens is 1. The van der Waals surface area contributed by atoms with E-state index in [1.54, 1.807) is 12.3 Å². The Balaban J connectivity index is 1.30. The molecule has 0 saturated carbocycles. The molecule has 4 nitrogen and oxygen atoms in total. The van der Waals surface area contributed by atoms with E-state index in [4.69, 9.17) is 4.42 Å². The van der Waals surface area contributed by atoms with Gasteiger partial charge in [-0.1, -0.05) is 48.5 Å². The molecule has 0 aliphatic carbocycles. The molecule has 0 radical (unpaired) electrons. The van der Waals surface area contributed by atoms with Crippen LogP contribution in [0.2, 0.25) is 0 Å². The minimum Gasteiger partial charge on any atom is -0.439 e. The van der Waals surface area contributed by atoms with Crippen LogP contribution in [0.3, 0.4) is 0 Å². The molecule has 0 amide bonds. The summed E-state index contributed by atoms with van der Waals surface area (Å²) in [5, 5.41) is 0. The predicted molar refractivity (Wildman–Crippen MR) is 104 cm³/mol. The predicted octanol–water partition coefficient (Wildman–Crippen LogP) is 4.68. The van der Waals surface area contributed by atoms with Gasteiger partial charge >= 0.3 is 6.18 Å². The molecular weight excluding hydrogens is 379 g/mol. The SMILES string of the molecule is FC(F)(F)c1cccc(CN2CCN(Cc3ncc(-c4ccccc4)o3)CC2)c1. The molecule has 0 unspecified atom stereocenters. The van der Waals surface area contributed by atoms with Crippen molar-refractivity contribution in [2.45, 2.75) is 19.3 Å². The molecule has 1 aliphatic rings. The monoisotopic (exact) mass is 401 g/mol. The fourth-order valence-electron chi connectivity index (χ4n) is 3.52.